The van der Waals surface area contributed by atoms with Crippen molar-refractivity contribution in [3.8, 4) is 0 Å². The molecule has 3 amide bonds. The van der Waals surface area contributed by atoms with Crippen molar-refractivity contribution in [2.75, 3.05) is 4.90 Å². The summed E-state index contributed by atoms with van der Waals surface area (Å²) < 4.78 is 0. The van der Waals surface area contributed by atoms with Gasteiger partial charge in [-0.05, 0) is 53.4 Å². The van der Waals surface area contributed by atoms with E-state index >= 15 is 0 Å². The number of carbonyl (C=O) groups excluding carboxylic acids is 3. The topological polar surface area (TPSA) is 78.8 Å². The standard InChI is InChI=1S/C33H25N3O3/c1-20-15-17-22(18-16-20)36-31(38)28-27-23-11-5-7-13-25(23)33(29(28)32(36)39,26-14-8-6-12-24(26)27)19-34-35-30(37)21-9-3-2-4-10-21/h2-19,27-29H,1H3,(H,35,37)/b34-19-/t27?,28-,29-,33?/m1/s1. The van der Waals surface area contributed by atoms with Crippen LogP contribution in [0.15, 0.2) is 108 Å². The van der Waals surface area contributed by atoms with Gasteiger partial charge in [0.25, 0.3) is 5.91 Å². The van der Waals surface area contributed by atoms with E-state index in [1.54, 1.807) is 30.5 Å². The summed E-state index contributed by atoms with van der Waals surface area (Å²) in [6.07, 6.45) is 1.68. The highest BCUT2D eigenvalue weighted by Crippen LogP contribution is 2.63. The lowest BCUT2D eigenvalue weighted by atomic mass is 9.47. The van der Waals surface area contributed by atoms with E-state index in [0.29, 0.717) is 11.3 Å². The predicted molar refractivity (Wildman–Crippen MR) is 149 cm³/mol. The normalized spacial score (nSPS) is 24.4. The van der Waals surface area contributed by atoms with Crippen LogP contribution in [-0.2, 0) is 15.0 Å². The van der Waals surface area contributed by atoms with E-state index in [-0.39, 0.29) is 23.6 Å². The fraction of sp³-hybridized carbons (Fsp3) is 0.152. The third kappa shape index (κ3) is 3.21. The molecule has 1 saturated heterocycles. The Bertz CT molecular complexity index is 1630. The van der Waals surface area contributed by atoms with E-state index in [0.717, 1.165) is 27.8 Å². The highest BCUT2D eigenvalue weighted by molar-refractivity contribution is 6.25. The summed E-state index contributed by atoms with van der Waals surface area (Å²) in [5.74, 6) is -2.32. The number of hydrogen-bond acceptors (Lipinski definition) is 4. The molecule has 1 N–H and O–H groups in total. The Morgan fingerprint density at radius 2 is 1.38 bits per heavy atom. The Labute approximate surface area is 226 Å². The third-order valence-electron chi connectivity index (χ3n) is 8.45. The Morgan fingerprint density at radius 3 is 2.03 bits per heavy atom. The predicted octanol–water partition coefficient (Wildman–Crippen LogP) is 4.96. The zero-order chi connectivity index (χ0) is 26.7. The van der Waals surface area contributed by atoms with Crippen LogP contribution in [0.4, 0.5) is 5.69 Å². The molecule has 1 fully saturated rings. The van der Waals surface area contributed by atoms with E-state index in [9.17, 15) is 14.4 Å². The first-order valence-electron chi connectivity index (χ1n) is 13.1. The molecule has 190 valence electrons. The van der Waals surface area contributed by atoms with Crippen molar-refractivity contribution >= 4 is 29.6 Å². The van der Waals surface area contributed by atoms with Crippen LogP contribution in [0.2, 0.25) is 0 Å². The zero-order valence-electron chi connectivity index (χ0n) is 21.2. The average molecular weight is 512 g/mol. The van der Waals surface area contributed by atoms with Crippen molar-refractivity contribution in [1.82, 2.24) is 5.43 Å². The maximum absolute atomic E-state index is 14.3. The molecular formula is C33H25N3O3. The van der Waals surface area contributed by atoms with Crippen molar-refractivity contribution in [3.05, 3.63) is 137 Å². The van der Waals surface area contributed by atoms with Crippen LogP contribution in [0.3, 0.4) is 0 Å². The molecule has 8 rings (SSSR count). The van der Waals surface area contributed by atoms with Gasteiger partial charge in [-0.25, -0.2) is 10.3 Å². The van der Waals surface area contributed by atoms with Gasteiger partial charge >= 0.3 is 0 Å². The van der Waals surface area contributed by atoms with Crippen LogP contribution in [0.5, 0.6) is 0 Å². The molecule has 39 heavy (non-hydrogen) atoms. The van der Waals surface area contributed by atoms with Crippen LogP contribution in [0, 0.1) is 18.8 Å². The first-order valence-corrected chi connectivity index (χ1v) is 13.1. The van der Waals surface area contributed by atoms with Gasteiger partial charge in [0.15, 0.2) is 0 Å². The van der Waals surface area contributed by atoms with Gasteiger partial charge in [-0.3, -0.25) is 14.4 Å². The molecule has 1 heterocycles. The largest absolute Gasteiger partial charge is 0.274 e. The van der Waals surface area contributed by atoms with Crippen LogP contribution >= 0.6 is 0 Å². The number of aryl methyl sites for hydroxylation is 1. The van der Waals surface area contributed by atoms with Crippen molar-refractivity contribution < 1.29 is 14.4 Å². The zero-order valence-corrected chi connectivity index (χ0v) is 21.2. The number of nitrogens with one attached hydrogen (secondary N) is 1. The van der Waals surface area contributed by atoms with Gasteiger partial charge in [-0.15, -0.1) is 0 Å². The molecule has 0 unspecified atom stereocenters. The highest BCUT2D eigenvalue weighted by atomic mass is 16.2. The molecule has 0 aromatic heterocycles. The maximum atomic E-state index is 14.3. The molecule has 0 spiro atoms. The van der Waals surface area contributed by atoms with Crippen molar-refractivity contribution in [2.24, 2.45) is 16.9 Å². The van der Waals surface area contributed by atoms with E-state index in [2.05, 4.69) is 10.5 Å². The average Bonchev–Trinajstić information content (AvgIpc) is 3.25. The van der Waals surface area contributed by atoms with Gasteiger partial charge in [0.1, 0.15) is 0 Å². The quantitative estimate of drug-likeness (QED) is 0.239. The van der Waals surface area contributed by atoms with Crippen molar-refractivity contribution in [2.45, 2.75) is 18.3 Å². The number of imide groups is 1. The van der Waals surface area contributed by atoms with E-state index < -0.39 is 17.3 Å². The van der Waals surface area contributed by atoms with E-state index in [1.807, 2.05) is 85.8 Å². The van der Waals surface area contributed by atoms with Gasteiger partial charge < -0.3 is 0 Å². The van der Waals surface area contributed by atoms with Gasteiger partial charge in [-0.1, -0.05) is 84.4 Å². The van der Waals surface area contributed by atoms with E-state index in [4.69, 9.17) is 0 Å². The SMILES string of the molecule is Cc1ccc(N2C(=O)[C@@H]3C4c5ccccc5C(/C=N\NC(=O)c5ccccc5)(c5ccccc54)[C@H]3C2=O)cc1. The van der Waals surface area contributed by atoms with Gasteiger partial charge in [0.2, 0.25) is 11.8 Å². The third-order valence-corrected chi connectivity index (χ3v) is 8.45. The molecule has 3 aliphatic carbocycles. The smallest absolute Gasteiger partial charge is 0.271 e. The van der Waals surface area contributed by atoms with Crippen LogP contribution in [0.1, 0.15) is 44.1 Å². The second-order valence-electron chi connectivity index (χ2n) is 10.4. The number of benzene rings is 4. The molecule has 4 aromatic carbocycles. The fourth-order valence-corrected chi connectivity index (χ4v) is 6.84. The number of hydrogen-bond donors (Lipinski definition) is 1. The highest BCUT2D eigenvalue weighted by Gasteiger charge is 2.68. The van der Waals surface area contributed by atoms with Gasteiger partial charge in [0.05, 0.1) is 22.9 Å². The molecule has 2 bridgehead atoms. The molecule has 4 aromatic rings. The van der Waals surface area contributed by atoms with Crippen LogP contribution in [0.25, 0.3) is 0 Å². The number of hydrazone groups is 1. The number of anilines is 1. The summed E-state index contributed by atoms with van der Waals surface area (Å²) in [6.45, 7) is 1.97. The van der Waals surface area contributed by atoms with Gasteiger partial charge in [0, 0.05) is 17.7 Å². The molecule has 1 aliphatic heterocycles. The molecule has 6 heteroatoms. The van der Waals surface area contributed by atoms with Crippen molar-refractivity contribution in [1.29, 1.82) is 0 Å². The lowest BCUT2D eigenvalue weighted by Crippen LogP contribution is -2.54. The lowest BCUT2D eigenvalue weighted by molar-refractivity contribution is -0.122. The van der Waals surface area contributed by atoms with Gasteiger partial charge in [-0.2, -0.15) is 5.10 Å². The summed E-state index contributed by atoms with van der Waals surface area (Å²) in [6, 6.07) is 32.3. The Kier molecular flexibility index (Phi) is 5.13. The summed E-state index contributed by atoms with van der Waals surface area (Å²) in [5.41, 5.74) is 7.66. The minimum absolute atomic E-state index is 0.200. The first-order chi connectivity index (χ1) is 19.0. The fourth-order valence-electron chi connectivity index (χ4n) is 6.84. The maximum Gasteiger partial charge on any atom is 0.271 e. The number of rotatable bonds is 4. The molecule has 4 aliphatic rings. The molecule has 0 radical (unpaired) electrons. The Hall–Kier alpha value is -4.84. The molecule has 6 nitrogen and oxygen atoms in total. The number of carbonyl (C=O) groups is 3. The monoisotopic (exact) mass is 511 g/mol. The second-order valence-corrected chi connectivity index (χ2v) is 10.4. The Morgan fingerprint density at radius 1 is 0.795 bits per heavy atom. The number of amides is 3. The van der Waals surface area contributed by atoms with E-state index in [1.165, 1.54) is 4.90 Å². The Balaban J connectivity index is 1.41. The van der Waals surface area contributed by atoms with Crippen LogP contribution in [-0.4, -0.2) is 23.9 Å². The summed E-state index contributed by atoms with van der Waals surface area (Å²) in [4.78, 5) is 42.7. The summed E-state index contributed by atoms with van der Waals surface area (Å²) in [7, 11) is 0. The minimum atomic E-state index is -1.03. The van der Waals surface area contributed by atoms with Crippen LogP contribution < -0.4 is 10.3 Å². The molecular weight excluding hydrogens is 486 g/mol. The number of nitrogens with zero attached hydrogens (tertiary/aromatic N) is 2. The van der Waals surface area contributed by atoms with Crippen molar-refractivity contribution in [3.63, 3.8) is 0 Å². The molecule has 2 atom stereocenters. The summed E-state index contributed by atoms with van der Waals surface area (Å²) >= 11 is 0. The minimum Gasteiger partial charge on any atom is -0.274 e. The molecule has 0 saturated carbocycles. The first kappa shape index (κ1) is 23.3. The lowest BCUT2D eigenvalue weighted by Gasteiger charge is -2.52. The second kappa shape index (κ2) is 8.60. The summed E-state index contributed by atoms with van der Waals surface area (Å²) in [5, 5.41) is 4.46.